The Morgan fingerprint density at radius 3 is 2.63 bits per heavy atom. The molecule has 0 amide bonds. The first-order valence-electron chi connectivity index (χ1n) is 7.78. The van der Waals surface area contributed by atoms with Crippen molar-refractivity contribution < 1.29 is 8.42 Å². The fourth-order valence-corrected chi connectivity index (χ4v) is 5.89. The predicted molar refractivity (Wildman–Crippen MR) is 77.1 cm³/mol. The molecule has 2 aliphatic heterocycles. The van der Waals surface area contributed by atoms with Crippen LogP contribution in [0.4, 0.5) is 0 Å². The van der Waals surface area contributed by atoms with Crippen LogP contribution in [-0.4, -0.2) is 56.0 Å². The first kappa shape index (κ1) is 13.8. The van der Waals surface area contributed by atoms with Crippen LogP contribution in [0.5, 0.6) is 0 Å². The second-order valence-electron chi connectivity index (χ2n) is 6.65. The number of nitrogens with zero attached hydrogens (tertiary/aromatic N) is 1. The Balaban J connectivity index is 1.67. The third-order valence-corrected chi connectivity index (χ3v) is 6.97. The third kappa shape index (κ3) is 3.14. The second-order valence-corrected chi connectivity index (χ2v) is 8.88. The zero-order valence-corrected chi connectivity index (χ0v) is 12.6. The Kier molecular flexibility index (Phi) is 3.89. The normalized spacial score (nSPS) is 35.3. The van der Waals surface area contributed by atoms with Crippen LogP contribution in [0.25, 0.3) is 0 Å². The molecule has 0 aromatic heterocycles. The molecule has 3 rings (SSSR count). The molecule has 1 spiro atoms. The van der Waals surface area contributed by atoms with Crippen molar-refractivity contribution in [3.63, 3.8) is 0 Å². The van der Waals surface area contributed by atoms with Gasteiger partial charge < -0.3 is 5.32 Å². The van der Waals surface area contributed by atoms with Gasteiger partial charge in [-0.1, -0.05) is 19.3 Å². The quantitative estimate of drug-likeness (QED) is 0.786. The van der Waals surface area contributed by atoms with E-state index in [2.05, 4.69) is 10.2 Å². The molecule has 1 aliphatic carbocycles. The molecule has 3 fully saturated rings. The summed E-state index contributed by atoms with van der Waals surface area (Å²) < 4.78 is 23.7. The predicted octanol–water partition coefficient (Wildman–Crippen LogP) is 1.17. The Hall–Kier alpha value is -0.130. The lowest BCUT2D eigenvalue weighted by Crippen LogP contribution is -2.64. The highest BCUT2D eigenvalue weighted by Crippen LogP contribution is 2.32. The highest BCUT2D eigenvalue weighted by molar-refractivity contribution is 7.91. The fraction of sp³-hybridized carbons (Fsp3) is 1.00. The molecule has 19 heavy (non-hydrogen) atoms. The second kappa shape index (κ2) is 5.34. The first-order valence-corrected chi connectivity index (χ1v) is 9.60. The van der Waals surface area contributed by atoms with Gasteiger partial charge in [-0.15, -0.1) is 0 Å². The van der Waals surface area contributed by atoms with E-state index in [0.29, 0.717) is 11.5 Å². The van der Waals surface area contributed by atoms with Gasteiger partial charge in [-0.3, -0.25) is 4.90 Å². The first-order chi connectivity index (χ1) is 9.09. The van der Waals surface area contributed by atoms with Gasteiger partial charge in [0.05, 0.1) is 11.5 Å². The van der Waals surface area contributed by atoms with Crippen LogP contribution >= 0.6 is 0 Å². The van der Waals surface area contributed by atoms with Gasteiger partial charge in [0.15, 0.2) is 9.84 Å². The summed E-state index contributed by atoms with van der Waals surface area (Å²) in [7, 11) is -2.79. The molecule has 2 heterocycles. The average molecular weight is 286 g/mol. The number of sulfone groups is 1. The summed E-state index contributed by atoms with van der Waals surface area (Å²) in [6.07, 6.45) is 8.46. The van der Waals surface area contributed by atoms with E-state index in [1.54, 1.807) is 0 Å². The number of piperazine rings is 1. The van der Waals surface area contributed by atoms with Gasteiger partial charge >= 0.3 is 0 Å². The summed E-state index contributed by atoms with van der Waals surface area (Å²) in [6, 6.07) is 0.277. The molecule has 1 saturated carbocycles. The van der Waals surface area contributed by atoms with E-state index >= 15 is 0 Å². The Morgan fingerprint density at radius 2 is 1.89 bits per heavy atom. The topological polar surface area (TPSA) is 49.4 Å². The molecule has 4 nitrogen and oxygen atoms in total. The van der Waals surface area contributed by atoms with Crippen molar-refractivity contribution in [2.75, 3.05) is 31.1 Å². The molecule has 3 aliphatic rings. The van der Waals surface area contributed by atoms with Gasteiger partial charge in [-0.05, 0) is 25.7 Å². The smallest absolute Gasteiger partial charge is 0.151 e. The average Bonchev–Trinajstić information content (AvgIpc) is 2.38. The highest BCUT2D eigenvalue weighted by Gasteiger charge is 2.39. The maximum Gasteiger partial charge on any atom is 0.151 e. The lowest BCUT2D eigenvalue weighted by Gasteiger charge is -2.49. The Labute approximate surface area is 116 Å². The van der Waals surface area contributed by atoms with E-state index in [0.717, 1.165) is 32.5 Å². The summed E-state index contributed by atoms with van der Waals surface area (Å²) in [5.41, 5.74) is 0.289. The number of hydrogen-bond acceptors (Lipinski definition) is 4. The fourth-order valence-electron chi connectivity index (χ4n) is 4.15. The number of rotatable bonds is 1. The molecule has 0 aromatic carbocycles. The van der Waals surface area contributed by atoms with E-state index in [9.17, 15) is 8.42 Å². The Bertz CT molecular complexity index is 410. The van der Waals surface area contributed by atoms with Crippen molar-refractivity contribution >= 4 is 9.84 Å². The maximum absolute atomic E-state index is 11.8. The standard InChI is InChI=1S/C14H26N2O2S/c17-19(18)10-4-5-13(11-19)16-9-8-15-14(12-16)6-2-1-3-7-14/h13,15H,1-12H2. The molecular weight excluding hydrogens is 260 g/mol. The minimum atomic E-state index is -2.79. The largest absolute Gasteiger partial charge is 0.309 e. The van der Waals surface area contributed by atoms with Crippen LogP contribution in [0.15, 0.2) is 0 Å². The molecule has 1 unspecified atom stereocenters. The van der Waals surface area contributed by atoms with E-state index in [-0.39, 0.29) is 11.6 Å². The molecular formula is C14H26N2O2S. The van der Waals surface area contributed by atoms with Crippen LogP contribution in [0.2, 0.25) is 0 Å². The zero-order valence-electron chi connectivity index (χ0n) is 11.7. The van der Waals surface area contributed by atoms with Crippen LogP contribution in [-0.2, 0) is 9.84 Å². The maximum atomic E-state index is 11.8. The van der Waals surface area contributed by atoms with E-state index < -0.39 is 9.84 Å². The van der Waals surface area contributed by atoms with Crippen LogP contribution in [0, 0.1) is 0 Å². The van der Waals surface area contributed by atoms with Gasteiger partial charge in [0.2, 0.25) is 0 Å². The minimum absolute atomic E-state index is 0.277. The number of hydrogen-bond donors (Lipinski definition) is 1. The molecule has 2 saturated heterocycles. The van der Waals surface area contributed by atoms with Crippen molar-refractivity contribution in [1.29, 1.82) is 0 Å². The van der Waals surface area contributed by atoms with Crippen LogP contribution < -0.4 is 5.32 Å². The van der Waals surface area contributed by atoms with Gasteiger partial charge in [-0.25, -0.2) is 8.42 Å². The summed E-state index contributed by atoms with van der Waals surface area (Å²) >= 11 is 0. The molecule has 1 N–H and O–H groups in total. The van der Waals surface area contributed by atoms with Crippen molar-refractivity contribution in [3.05, 3.63) is 0 Å². The third-order valence-electron chi connectivity index (χ3n) is 5.17. The van der Waals surface area contributed by atoms with Crippen molar-refractivity contribution in [1.82, 2.24) is 10.2 Å². The van der Waals surface area contributed by atoms with Gasteiger partial charge in [0.25, 0.3) is 0 Å². The molecule has 0 aromatic rings. The summed E-state index contributed by atoms with van der Waals surface area (Å²) in [5.74, 6) is 0.795. The highest BCUT2D eigenvalue weighted by atomic mass is 32.2. The van der Waals surface area contributed by atoms with Gasteiger partial charge in [0.1, 0.15) is 0 Å². The molecule has 1 atom stereocenters. The monoisotopic (exact) mass is 286 g/mol. The summed E-state index contributed by atoms with van der Waals surface area (Å²) in [6.45, 7) is 3.10. The van der Waals surface area contributed by atoms with Gasteiger partial charge in [0, 0.05) is 31.2 Å². The minimum Gasteiger partial charge on any atom is -0.309 e. The SMILES string of the molecule is O=S1(=O)CCCC(N2CCNC3(CCCCC3)C2)C1. The molecule has 110 valence electrons. The lowest BCUT2D eigenvalue weighted by molar-refractivity contribution is 0.0700. The zero-order chi connectivity index (χ0) is 13.3. The van der Waals surface area contributed by atoms with E-state index in [1.807, 2.05) is 0 Å². The summed E-state index contributed by atoms with van der Waals surface area (Å²) in [4.78, 5) is 2.47. The van der Waals surface area contributed by atoms with Gasteiger partial charge in [-0.2, -0.15) is 0 Å². The van der Waals surface area contributed by atoms with Crippen LogP contribution in [0.3, 0.4) is 0 Å². The molecule has 0 radical (unpaired) electrons. The summed E-state index contributed by atoms with van der Waals surface area (Å²) in [5, 5.41) is 3.73. The van der Waals surface area contributed by atoms with Crippen molar-refractivity contribution in [3.8, 4) is 0 Å². The Morgan fingerprint density at radius 1 is 1.11 bits per heavy atom. The van der Waals surface area contributed by atoms with E-state index in [4.69, 9.17) is 0 Å². The lowest BCUT2D eigenvalue weighted by atomic mass is 9.80. The van der Waals surface area contributed by atoms with Crippen molar-refractivity contribution in [2.45, 2.75) is 56.5 Å². The van der Waals surface area contributed by atoms with Crippen LogP contribution in [0.1, 0.15) is 44.9 Å². The number of nitrogens with one attached hydrogen (secondary N) is 1. The molecule has 0 bridgehead atoms. The molecule has 5 heteroatoms. The van der Waals surface area contributed by atoms with Crippen molar-refractivity contribution in [2.24, 2.45) is 0 Å². The van der Waals surface area contributed by atoms with E-state index in [1.165, 1.54) is 32.1 Å².